The quantitative estimate of drug-likeness (QED) is 0.520. The molecule has 0 aliphatic carbocycles. The van der Waals surface area contributed by atoms with Crippen molar-refractivity contribution in [2.45, 2.75) is 6.42 Å². The fraction of sp³-hybridized carbons (Fsp3) is 0.0909. The molecule has 2 aromatic carbocycles. The highest BCUT2D eigenvalue weighted by Gasteiger charge is 2.24. The number of carbonyl (C=O) groups is 1. The van der Waals surface area contributed by atoms with E-state index in [1.165, 1.54) is 25.6 Å². The monoisotopic (exact) mass is 404 g/mol. The molecule has 4 aromatic rings. The van der Waals surface area contributed by atoms with Crippen LogP contribution in [-0.4, -0.2) is 28.1 Å². The lowest BCUT2D eigenvalue weighted by Crippen LogP contribution is -2.14. The summed E-state index contributed by atoms with van der Waals surface area (Å²) in [6.45, 7) is 0. The summed E-state index contributed by atoms with van der Waals surface area (Å²) < 4.78 is 25.1. The van der Waals surface area contributed by atoms with Crippen LogP contribution >= 0.6 is 0 Å². The first-order chi connectivity index (χ1) is 14.7. The number of benzene rings is 2. The van der Waals surface area contributed by atoms with Gasteiger partial charge in [-0.15, -0.1) is 0 Å². The van der Waals surface area contributed by atoms with Crippen molar-refractivity contribution in [1.82, 2.24) is 15.1 Å². The van der Waals surface area contributed by atoms with Crippen LogP contribution in [0.25, 0.3) is 22.5 Å². The van der Waals surface area contributed by atoms with E-state index in [1.54, 1.807) is 18.3 Å². The number of aromatic nitrogens is 3. The number of carbonyl (C=O) groups excluding carboxylic acids is 1. The fourth-order valence-electron chi connectivity index (χ4n) is 3.00. The van der Waals surface area contributed by atoms with E-state index < -0.39 is 5.82 Å². The van der Waals surface area contributed by atoms with Gasteiger partial charge in [-0.25, -0.2) is 14.4 Å². The highest BCUT2D eigenvalue weighted by Crippen LogP contribution is 2.38. The van der Waals surface area contributed by atoms with Gasteiger partial charge >= 0.3 is 0 Å². The van der Waals surface area contributed by atoms with E-state index >= 15 is 0 Å². The van der Waals surface area contributed by atoms with Crippen LogP contribution in [0, 0.1) is 5.82 Å². The summed E-state index contributed by atoms with van der Waals surface area (Å²) in [4.78, 5) is 20.7. The third-order valence-electron chi connectivity index (χ3n) is 4.42. The van der Waals surface area contributed by atoms with Crippen molar-refractivity contribution >= 4 is 11.8 Å². The molecule has 0 aliphatic heterocycles. The van der Waals surface area contributed by atoms with Crippen molar-refractivity contribution < 1.29 is 18.4 Å². The highest BCUT2D eigenvalue weighted by molar-refractivity contribution is 5.97. The molecule has 150 valence electrons. The predicted octanol–water partition coefficient (Wildman–Crippen LogP) is 4.13. The smallest absolute Gasteiger partial charge is 0.241 e. The first-order valence-corrected chi connectivity index (χ1v) is 9.09. The second-order valence-electron chi connectivity index (χ2n) is 6.39. The average molecular weight is 404 g/mol. The number of nitrogens with zero attached hydrogens (tertiary/aromatic N) is 3. The largest absolute Gasteiger partial charge is 0.497 e. The van der Waals surface area contributed by atoms with Crippen molar-refractivity contribution in [2.75, 3.05) is 12.4 Å². The molecule has 1 N–H and O–H groups in total. The Balaban J connectivity index is 1.72. The number of methoxy groups -OCH3 is 1. The number of anilines is 1. The molecular formula is C22H17FN4O3. The van der Waals surface area contributed by atoms with Crippen molar-refractivity contribution in [3.8, 4) is 28.3 Å². The molecule has 0 bridgehead atoms. The maximum absolute atomic E-state index is 14.7. The molecule has 0 unspecified atom stereocenters. The van der Waals surface area contributed by atoms with Crippen LogP contribution in [0.3, 0.4) is 0 Å². The standard InChI is InChI=1S/C22H17FN4O3/c1-29-15-7-8-16(17(23)12-15)21-20(18-9-10-24-13-25-18)22(30-27-21)26-19(28)11-14-5-3-2-4-6-14/h2-10,12-13H,11H2,1H3,(H,26,28). The Morgan fingerprint density at radius 2 is 2.00 bits per heavy atom. The molecule has 0 fully saturated rings. The molecule has 0 atom stereocenters. The minimum absolute atomic E-state index is 0.0832. The van der Waals surface area contributed by atoms with Crippen molar-refractivity contribution in [1.29, 1.82) is 0 Å². The predicted molar refractivity (Wildman–Crippen MR) is 108 cm³/mol. The minimum Gasteiger partial charge on any atom is -0.497 e. The number of halogens is 1. The van der Waals surface area contributed by atoms with Crippen LogP contribution in [0.1, 0.15) is 5.56 Å². The van der Waals surface area contributed by atoms with Gasteiger partial charge in [0.25, 0.3) is 0 Å². The van der Waals surface area contributed by atoms with Gasteiger partial charge in [-0.3, -0.25) is 10.1 Å². The van der Waals surface area contributed by atoms with Crippen LogP contribution in [0.4, 0.5) is 10.3 Å². The van der Waals surface area contributed by atoms with Gasteiger partial charge in [0.2, 0.25) is 11.8 Å². The summed E-state index contributed by atoms with van der Waals surface area (Å²) >= 11 is 0. The Bertz CT molecular complexity index is 1160. The second kappa shape index (κ2) is 8.52. The van der Waals surface area contributed by atoms with E-state index in [1.807, 2.05) is 30.3 Å². The lowest BCUT2D eigenvalue weighted by atomic mass is 10.0. The zero-order chi connectivity index (χ0) is 20.9. The third-order valence-corrected chi connectivity index (χ3v) is 4.42. The minimum atomic E-state index is -0.542. The van der Waals surface area contributed by atoms with E-state index in [-0.39, 0.29) is 29.5 Å². The molecule has 0 radical (unpaired) electrons. The summed E-state index contributed by atoms with van der Waals surface area (Å²) in [6, 6.07) is 15.3. The van der Waals surface area contributed by atoms with Gasteiger partial charge < -0.3 is 9.26 Å². The van der Waals surface area contributed by atoms with E-state index in [2.05, 4.69) is 20.4 Å². The summed E-state index contributed by atoms with van der Waals surface area (Å²) in [5.74, 6) is -0.380. The van der Waals surface area contributed by atoms with Gasteiger partial charge in [0, 0.05) is 17.8 Å². The molecule has 2 aromatic heterocycles. The van der Waals surface area contributed by atoms with Crippen LogP contribution in [0.5, 0.6) is 5.75 Å². The molecule has 2 heterocycles. The summed E-state index contributed by atoms with van der Waals surface area (Å²) in [5.41, 5.74) is 2.05. The maximum atomic E-state index is 14.7. The molecule has 1 amide bonds. The maximum Gasteiger partial charge on any atom is 0.241 e. The van der Waals surface area contributed by atoms with Gasteiger partial charge in [0.15, 0.2) is 0 Å². The number of nitrogens with one attached hydrogen (secondary N) is 1. The van der Waals surface area contributed by atoms with Crippen LogP contribution in [0.15, 0.2) is 71.6 Å². The first-order valence-electron chi connectivity index (χ1n) is 9.09. The lowest BCUT2D eigenvalue weighted by molar-refractivity contribution is -0.115. The van der Waals surface area contributed by atoms with E-state index in [4.69, 9.17) is 9.26 Å². The number of ether oxygens (including phenoxy) is 1. The van der Waals surface area contributed by atoms with Crippen LogP contribution in [-0.2, 0) is 11.2 Å². The van der Waals surface area contributed by atoms with Crippen molar-refractivity contribution in [2.24, 2.45) is 0 Å². The normalized spacial score (nSPS) is 10.6. The van der Waals surface area contributed by atoms with Gasteiger partial charge in [0.05, 0.1) is 24.8 Å². The van der Waals surface area contributed by atoms with Gasteiger partial charge in [-0.2, -0.15) is 0 Å². The highest BCUT2D eigenvalue weighted by atomic mass is 19.1. The summed E-state index contributed by atoms with van der Waals surface area (Å²) in [7, 11) is 1.46. The lowest BCUT2D eigenvalue weighted by Gasteiger charge is -2.07. The molecular weight excluding hydrogens is 387 g/mol. The SMILES string of the molecule is COc1ccc(-c2noc(NC(=O)Cc3ccccc3)c2-c2ccncn2)c(F)c1. The molecule has 7 nitrogen and oxygen atoms in total. The van der Waals surface area contributed by atoms with E-state index in [0.717, 1.165) is 5.56 Å². The molecule has 0 spiro atoms. The molecule has 4 rings (SSSR count). The third kappa shape index (κ3) is 4.02. The number of rotatable bonds is 6. The molecule has 0 saturated heterocycles. The van der Waals surface area contributed by atoms with E-state index in [0.29, 0.717) is 17.0 Å². The van der Waals surface area contributed by atoms with Crippen LogP contribution < -0.4 is 10.1 Å². The van der Waals surface area contributed by atoms with Crippen LogP contribution in [0.2, 0.25) is 0 Å². The Labute approximate surface area is 171 Å². The Hall–Kier alpha value is -4.07. The van der Waals surface area contributed by atoms with Gasteiger partial charge in [-0.05, 0) is 23.8 Å². The Morgan fingerprint density at radius 3 is 2.70 bits per heavy atom. The Kier molecular flexibility index (Phi) is 5.47. The second-order valence-corrected chi connectivity index (χ2v) is 6.39. The van der Waals surface area contributed by atoms with E-state index in [9.17, 15) is 9.18 Å². The number of hydrogen-bond acceptors (Lipinski definition) is 6. The Morgan fingerprint density at radius 1 is 1.17 bits per heavy atom. The molecule has 0 aliphatic rings. The first kappa shape index (κ1) is 19.3. The topological polar surface area (TPSA) is 90.1 Å². The summed E-state index contributed by atoms with van der Waals surface area (Å²) in [6.07, 6.45) is 3.04. The molecule has 0 saturated carbocycles. The zero-order valence-corrected chi connectivity index (χ0v) is 16.0. The zero-order valence-electron chi connectivity index (χ0n) is 16.0. The molecule has 30 heavy (non-hydrogen) atoms. The average Bonchev–Trinajstić information content (AvgIpc) is 3.17. The number of amides is 1. The fourth-order valence-corrected chi connectivity index (χ4v) is 3.00. The summed E-state index contributed by atoms with van der Waals surface area (Å²) in [5, 5.41) is 6.72. The van der Waals surface area contributed by atoms with Crippen molar-refractivity contribution in [3.05, 3.63) is 78.5 Å². The molecule has 8 heteroatoms. The van der Waals surface area contributed by atoms with Gasteiger partial charge in [0.1, 0.15) is 23.6 Å². The number of hydrogen-bond donors (Lipinski definition) is 1. The van der Waals surface area contributed by atoms with Gasteiger partial charge in [-0.1, -0.05) is 35.5 Å². The van der Waals surface area contributed by atoms with Crippen molar-refractivity contribution in [3.63, 3.8) is 0 Å².